The van der Waals surface area contributed by atoms with Gasteiger partial charge in [0.1, 0.15) is 0 Å². The minimum Gasteiger partial charge on any atom is -1.00 e. The molecule has 0 aromatic carbocycles. The van der Waals surface area contributed by atoms with E-state index in [4.69, 9.17) is 10.4 Å². The molecule has 0 fully saturated rings. The quantitative estimate of drug-likeness (QED) is 0.146. The molecule has 0 saturated heterocycles. The van der Waals surface area contributed by atoms with Crippen LogP contribution in [0.5, 0.6) is 0 Å². The van der Waals surface area contributed by atoms with Crippen LogP contribution in [0.15, 0.2) is 0 Å². The van der Waals surface area contributed by atoms with Crippen molar-refractivity contribution < 1.29 is 35.5 Å². The van der Waals surface area contributed by atoms with Gasteiger partial charge in [-0.1, -0.05) is 0 Å². The van der Waals surface area contributed by atoms with Crippen LogP contribution in [0.2, 0.25) is 0 Å². The van der Waals surface area contributed by atoms with E-state index in [1.54, 1.807) is 0 Å². The van der Waals surface area contributed by atoms with Crippen LogP contribution in [-0.2, 0) is 4.89 Å². The standard InChI is InChI=1S/CH4O3.Li.H/c2-1-4-3;;/h2-3H,1H2;;/q;+1;-1. The third kappa shape index (κ3) is 12.6. The Morgan fingerprint density at radius 3 is 2.00 bits per heavy atom. The first-order valence-electron chi connectivity index (χ1n) is 0.787. The van der Waals surface area contributed by atoms with Gasteiger partial charge >= 0.3 is 18.9 Å². The summed E-state index contributed by atoms with van der Waals surface area (Å²) in [6.07, 6.45) is 0. The molecule has 0 saturated carbocycles. The molecule has 5 heavy (non-hydrogen) atoms. The average Bonchev–Trinajstić information content (AvgIpc) is 1.37. The molecule has 0 rings (SSSR count). The van der Waals surface area contributed by atoms with Crippen molar-refractivity contribution in [2.75, 3.05) is 6.79 Å². The van der Waals surface area contributed by atoms with Crippen LogP contribution in [0, 0.1) is 0 Å². The van der Waals surface area contributed by atoms with E-state index in [0.29, 0.717) is 0 Å². The molecular formula is CH5LiO3. The van der Waals surface area contributed by atoms with Crippen LogP contribution >= 0.6 is 0 Å². The van der Waals surface area contributed by atoms with Gasteiger partial charge in [-0.15, -0.1) is 0 Å². The average molecular weight is 72.0 g/mol. The van der Waals surface area contributed by atoms with Crippen LogP contribution in [-0.4, -0.2) is 17.2 Å². The Morgan fingerprint density at radius 1 is 1.80 bits per heavy atom. The molecule has 28 valence electrons. The van der Waals surface area contributed by atoms with E-state index in [-0.39, 0.29) is 20.3 Å². The van der Waals surface area contributed by atoms with Gasteiger partial charge in [-0.05, 0) is 0 Å². The van der Waals surface area contributed by atoms with Gasteiger partial charge < -0.3 is 6.53 Å². The Bertz CT molecular complexity index is 12.8. The third-order valence-electron chi connectivity index (χ3n) is 0.0577. The van der Waals surface area contributed by atoms with E-state index in [1.165, 1.54) is 0 Å². The van der Waals surface area contributed by atoms with Gasteiger partial charge in [-0.3, -0.25) is 0 Å². The molecule has 0 amide bonds. The second-order valence-electron chi connectivity index (χ2n) is 0.258. The summed E-state index contributed by atoms with van der Waals surface area (Å²) in [5, 5.41) is 14.5. The molecule has 2 N–H and O–H groups in total. The Morgan fingerprint density at radius 2 is 2.00 bits per heavy atom. The molecule has 0 aliphatic heterocycles. The van der Waals surface area contributed by atoms with Crippen molar-refractivity contribution in [2.24, 2.45) is 0 Å². The number of aliphatic hydroxyl groups is 1. The van der Waals surface area contributed by atoms with Gasteiger partial charge in [0, 0.05) is 0 Å². The van der Waals surface area contributed by atoms with E-state index in [9.17, 15) is 0 Å². The van der Waals surface area contributed by atoms with Crippen molar-refractivity contribution in [3.05, 3.63) is 0 Å². The van der Waals surface area contributed by atoms with E-state index < -0.39 is 6.79 Å². The number of hydrogen-bond donors (Lipinski definition) is 2. The van der Waals surface area contributed by atoms with Crippen LogP contribution in [0.25, 0.3) is 0 Å². The van der Waals surface area contributed by atoms with Gasteiger partial charge in [0.05, 0.1) is 0 Å². The normalized spacial score (nSPS) is 6.00. The summed E-state index contributed by atoms with van der Waals surface area (Å²) in [6, 6.07) is 0. The summed E-state index contributed by atoms with van der Waals surface area (Å²) in [5.74, 6) is 0. The van der Waals surface area contributed by atoms with E-state index in [2.05, 4.69) is 4.89 Å². The zero-order valence-electron chi connectivity index (χ0n) is 4.01. The SMILES string of the molecule is OCOO.[H-].[Li+]. The van der Waals surface area contributed by atoms with Crippen molar-refractivity contribution in [1.82, 2.24) is 0 Å². The van der Waals surface area contributed by atoms with Crippen molar-refractivity contribution >= 4 is 0 Å². The molecule has 0 spiro atoms. The van der Waals surface area contributed by atoms with Crippen LogP contribution in [0.1, 0.15) is 1.43 Å². The molecule has 0 aliphatic rings. The molecule has 0 atom stereocenters. The van der Waals surface area contributed by atoms with Crippen molar-refractivity contribution in [3.63, 3.8) is 0 Å². The van der Waals surface area contributed by atoms with Crippen LogP contribution in [0.4, 0.5) is 0 Å². The summed E-state index contributed by atoms with van der Waals surface area (Å²) in [6.45, 7) is -0.625. The predicted octanol–water partition coefficient (Wildman–Crippen LogP) is -3.46. The number of rotatable bonds is 1. The van der Waals surface area contributed by atoms with Gasteiger partial charge in [0.15, 0.2) is 6.79 Å². The number of hydrogen-bond acceptors (Lipinski definition) is 3. The molecule has 4 heteroatoms. The summed E-state index contributed by atoms with van der Waals surface area (Å²) < 4.78 is 0. The fourth-order valence-corrected chi connectivity index (χ4v) is 0. The first-order chi connectivity index (χ1) is 1.91. The molecule has 0 heterocycles. The Labute approximate surface area is 43.2 Å². The molecule has 0 radical (unpaired) electrons. The van der Waals surface area contributed by atoms with Gasteiger partial charge in [0.25, 0.3) is 0 Å². The smallest absolute Gasteiger partial charge is 1.00 e. The maximum Gasteiger partial charge on any atom is 1.00 e. The predicted molar refractivity (Wildman–Crippen MR) is 11.9 cm³/mol. The fraction of sp³-hybridized carbons (Fsp3) is 1.00. The summed E-state index contributed by atoms with van der Waals surface area (Å²) >= 11 is 0. The zero-order chi connectivity index (χ0) is 3.41. The van der Waals surface area contributed by atoms with Gasteiger partial charge in [-0.2, -0.15) is 0 Å². The molecule has 0 bridgehead atoms. The van der Waals surface area contributed by atoms with Gasteiger partial charge in [0.2, 0.25) is 0 Å². The van der Waals surface area contributed by atoms with E-state index in [0.717, 1.165) is 0 Å². The Kier molecular flexibility index (Phi) is 16.0. The summed E-state index contributed by atoms with van der Waals surface area (Å²) in [4.78, 5) is 3.10. The minimum atomic E-state index is -0.625. The maximum absolute atomic E-state index is 7.40. The Balaban J connectivity index is -0.0000000450. The largest absolute Gasteiger partial charge is 1.00 e. The topological polar surface area (TPSA) is 49.7 Å². The molecule has 0 aromatic rings. The van der Waals surface area contributed by atoms with Crippen molar-refractivity contribution in [2.45, 2.75) is 0 Å². The van der Waals surface area contributed by atoms with Crippen molar-refractivity contribution in [1.29, 1.82) is 0 Å². The second kappa shape index (κ2) is 8.82. The molecule has 0 unspecified atom stereocenters. The summed E-state index contributed by atoms with van der Waals surface area (Å²) in [7, 11) is 0. The second-order valence-corrected chi connectivity index (χ2v) is 0.258. The first kappa shape index (κ1) is 9.08. The molecule has 0 aliphatic carbocycles. The van der Waals surface area contributed by atoms with E-state index >= 15 is 0 Å². The van der Waals surface area contributed by atoms with Crippen LogP contribution in [0.3, 0.4) is 0 Å². The van der Waals surface area contributed by atoms with Crippen molar-refractivity contribution in [3.8, 4) is 0 Å². The molecular weight excluding hydrogens is 66.9 g/mol. The Hall–Kier alpha value is 0.477. The summed E-state index contributed by atoms with van der Waals surface area (Å²) in [5.41, 5.74) is 0. The van der Waals surface area contributed by atoms with E-state index in [1.807, 2.05) is 0 Å². The number of aliphatic hydroxyl groups excluding tert-OH is 1. The monoisotopic (exact) mass is 72.0 g/mol. The minimum absolute atomic E-state index is 0. The van der Waals surface area contributed by atoms with Crippen LogP contribution < -0.4 is 18.9 Å². The third-order valence-corrected chi connectivity index (χ3v) is 0.0577. The first-order valence-corrected chi connectivity index (χ1v) is 0.787. The fourth-order valence-electron chi connectivity index (χ4n) is 0. The molecule has 0 aromatic heterocycles. The van der Waals surface area contributed by atoms with Gasteiger partial charge in [-0.25, -0.2) is 10.1 Å². The molecule has 3 nitrogen and oxygen atoms in total. The zero-order valence-corrected chi connectivity index (χ0v) is 3.01. The maximum atomic E-state index is 7.40.